The summed E-state index contributed by atoms with van der Waals surface area (Å²) in [4.78, 5) is 39.0. The van der Waals surface area contributed by atoms with Crippen LogP contribution in [0.4, 0.5) is 33.7 Å². The molecule has 9 nitrogen and oxygen atoms in total. The SMILES string of the molecule is O=C(Nc1cc(C(F)(F)F)ccc1F)Nc1ccc(Oc2ccnc3[nH]c(=O)cnc23)c2cccnc12. The van der Waals surface area contributed by atoms with Crippen molar-refractivity contribution >= 4 is 39.5 Å². The molecule has 0 aliphatic rings. The van der Waals surface area contributed by atoms with Crippen LogP contribution in [0.5, 0.6) is 11.5 Å². The van der Waals surface area contributed by atoms with E-state index in [4.69, 9.17) is 4.74 Å². The quantitative estimate of drug-likeness (QED) is 0.276. The third-order valence-electron chi connectivity index (χ3n) is 5.18. The average molecular weight is 510 g/mol. The second-order valence-corrected chi connectivity index (χ2v) is 7.64. The zero-order valence-corrected chi connectivity index (χ0v) is 18.4. The Morgan fingerprint density at radius 2 is 1.70 bits per heavy atom. The second kappa shape index (κ2) is 9.18. The number of urea groups is 1. The molecule has 2 amide bonds. The van der Waals surface area contributed by atoms with Crippen LogP contribution in [-0.4, -0.2) is 26.0 Å². The maximum Gasteiger partial charge on any atom is 0.416 e. The number of hydrogen-bond acceptors (Lipinski definition) is 6. The zero-order chi connectivity index (χ0) is 26.2. The Morgan fingerprint density at radius 3 is 2.51 bits per heavy atom. The van der Waals surface area contributed by atoms with Crippen molar-refractivity contribution in [2.45, 2.75) is 6.18 Å². The van der Waals surface area contributed by atoms with Crippen molar-refractivity contribution < 1.29 is 27.1 Å². The molecule has 3 N–H and O–H groups in total. The summed E-state index contributed by atoms with van der Waals surface area (Å²) in [5, 5.41) is 5.03. The summed E-state index contributed by atoms with van der Waals surface area (Å²) >= 11 is 0. The summed E-state index contributed by atoms with van der Waals surface area (Å²) in [5.74, 6) is -0.405. The van der Waals surface area contributed by atoms with Crippen LogP contribution >= 0.6 is 0 Å². The minimum atomic E-state index is -4.71. The monoisotopic (exact) mass is 510 g/mol. The highest BCUT2D eigenvalue weighted by atomic mass is 19.4. The van der Waals surface area contributed by atoms with Crippen LogP contribution in [0.25, 0.3) is 22.1 Å². The standard InChI is InChI=1S/C24H14F4N6O3/c25-14-4-3-12(24(26,27)28)10-16(14)33-23(36)32-15-5-6-17(13-2-1-8-29-20(13)15)37-18-7-9-30-22-21(18)31-11-19(35)34-22/h1-11H,(H,30,34,35)(H2,32,33,36). The third kappa shape index (κ3) is 4.87. The topological polar surface area (TPSA) is 122 Å². The number of halogens is 4. The van der Waals surface area contributed by atoms with Crippen LogP contribution in [0, 0.1) is 5.82 Å². The van der Waals surface area contributed by atoms with Crippen molar-refractivity contribution in [2.75, 3.05) is 10.6 Å². The van der Waals surface area contributed by atoms with Crippen molar-refractivity contribution in [2.24, 2.45) is 0 Å². The molecule has 0 atom stereocenters. The Morgan fingerprint density at radius 1 is 0.892 bits per heavy atom. The lowest BCUT2D eigenvalue weighted by Gasteiger charge is -2.14. The molecule has 0 aliphatic carbocycles. The van der Waals surface area contributed by atoms with E-state index >= 15 is 0 Å². The molecular formula is C24H14F4N6O3. The summed E-state index contributed by atoms with van der Waals surface area (Å²) < 4.78 is 58.9. The number of alkyl halides is 3. The van der Waals surface area contributed by atoms with Gasteiger partial charge in [-0.05, 0) is 42.5 Å². The number of nitrogens with zero attached hydrogens (tertiary/aromatic N) is 3. The van der Waals surface area contributed by atoms with E-state index in [0.717, 1.165) is 6.20 Å². The Bertz CT molecular complexity index is 1720. The average Bonchev–Trinajstić information content (AvgIpc) is 2.86. The van der Waals surface area contributed by atoms with E-state index in [-0.39, 0.29) is 11.3 Å². The molecule has 0 radical (unpaired) electrons. The van der Waals surface area contributed by atoms with Gasteiger partial charge in [0.1, 0.15) is 17.1 Å². The van der Waals surface area contributed by atoms with Crippen molar-refractivity contribution in [3.8, 4) is 11.5 Å². The van der Waals surface area contributed by atoms with Crippen LogP contribution in [0.15, 0.2) is 71.9 Å². The summed E-state index contributed by atoms with van der Waals surface area (Å²) in [6.07, 6.45) is -0.713. The molecule has 0 fully saturated rings. The van der Waals surface area contributed by atoms with Gasteiger partial charge in [-0.15, -0.1) is 0 Å². The highest BCUT2D eigenvalue weighted by Crippen LogP contribution is 2.35. The van der Waals surface area contributed by atoms with Gasteiger partial charge in [-0.3, -0.25) is 9.78 Å². The molecule has 13 heteroatoms. The number of pyridine rings is 2. The first kappa shape index (κ1) is 23.7. The van der Waals surface area contributed by atoms with Gasteiger partial charge in [0, 0.05) is 23.8 Å². The predicted molar refractivity (Wildman–Crippen MR) is 126 cm³/mol. The molecule has 0 saturated carbocycles. The molecule has 186 valence electrons. The molecule has 0 spiro atoms. The van der Waals surface area contributed by atoms with Gasteiger partial charge in [0.2, 0.25) is 0 Å². The van der Waals surface area contributed by atoms with Gasteiger partial charge >= 0.3 is 12.2 Å². The number of H-pyrrole nitrogens is 1. The lowest BCUT2D eigenvalue weighted by Crippen LogP contribution is -2.21. The molecule has 0 saturated heterocycles. The highest BCUT2D eigenvalue weighted by molar-refractivity contribution is 6.06. The number of nitrogens with one attached hydrogen (secondary N) is 3. The van der Waals surface area contributed by atoms with E-state index in [1.165, 1.54) is 24.5 Å². The minimum Gasteiger partial charge on any atom is -0.454 e. The van der Waals surface area contributed by atoms with E-state index < -0.39 is 34.8 Å². The van der Waals surface area contributed by atoms with Gasteiger partial charge in [0.05, 0.1) is 28.7 Å². The van der Waals surface area contributed by atoms with Crippen LogP contribution in [0.2, 0.25) is 0 Å². The molecular weight excluding hydrogens is 496 g/mol. The van der Waals surface area contributed by atoms with E-state index in [1.807, 2.05) is 0 Å². The number of carbonyl (C=O) groups excluding carboxylic acids is 1. The van der Waals surface area contributed by atoms with Crippen LogP contribution in [-0.2, 0) is 6.18 Å². The molecule has 0 aliphatic heterocycles. The number of amides is 2. The van der Waals surface area contributed by atoms with Crippen molar-refractivity contribution in [1.82, 2.24) is 19.9 Å². The second-order valence-electron chi connectivity index (χ2n) is 7.64. The summed E-state index contributed by atoms with van der Waals surface area (Å²) in [5.41, 5.74) is -1.16. The van der Waals surface area contributed by atoms with E-state index in [1.54, 1.807) is 18.2 Å². The lowest BCUT2D eigenvalue weighted by molar-refractivity contribution is -0.137. The fourth-order valence-electron chi connectivity index (χ4n) is 3.54. The largest absolute Gasteiger partial charge is 0.454 e. The van der Waals surface area contributed by atoms with E-state index in [2.05, 4.69) is 30.6 Å². The number of anilines is 2. The third-order valence-corrected chi connectivity index (χ3v) is 5.18. The Balaban J connectivity index is 1.44. The maximum atomic E-state index is 14.0. The number of ether oxygens (including phenoxy) is 1. The highest BCUT2D eigenvalue weighted by Gasteiger charge is 2.31. The molecule has 37 heavy (non-hydrogen) atoms. The van der Waals surface area contributed by atoms with Gasteiger partial charge in [-0.25, -0.2) is 19.2 Å². The fourth-order valence-corrected chi connectivity index (χ4v) is 3.54. The van der Waals surface area contributed by atoms with Crippen LogP contribution in [0.3, 0.4) is 0 Å². The number of hydrogen-bond donors (Lipinski definition) is 3. The first-order valence-electron chi connectivity index (χ1n) is 10.5. The first-order valence-corrected chi connectivity index (χ1v) is 10.5. The Hall–Kier alpha value is -5.07. The van der Waals surface area contributed by atoms with E-state index in [0.29, 0.717) is 46.1 Å². The number of aromatic amines is 1. The van der Waals surface area contributed by atoms with Gasteiger partial charge in [-0.1, -0.05) is 0 Å². The smallest absolute Gasteiger partial charge is 0.416 e. The van der Waals surface area contributed by atoms with E-state index in [9.17, 15) is 27.2 Å². The number of benzene rings is 2. The zero-order valence-electron chi connectivity index (χ0n) is 18.4. The summed E-state index contributed by atoms with van der Waals surface area (Å²) in [6.45, 7) is 0. The normalized spacial score (nSPS) is 11.5. The van der Waals surface area contributed by atoms with Gasteiger partial charge in [-0.2, -0.15) is 13.2 Å². The van der Waals surface area contributed by atoms with Crippen molar-refractivity contribution in [3.05, 3.63) is 88.9 Å². The first-order chi connectivity index (χ1) is 17.7. The summed E-state index contributed by atoms with van der Waals surface area (Å²) in [6, 6.07) is 8.58. The Labute approximate surface area is 204 Å². The molecule has 3 aromatic heterocycles. The number of rotatable bonds is 4. The van der Waals surface area contributed by atoms with Crippen molar-refractivity contribution in [1.29, 1.82) is 0 Å². The number of aromatic nitrogens is 4. The summed E-state index contributed by atoms with van der Waals surface area (Å²) in [7, 11) is 0. The van der Waals surface area contributed by atoms with Crippen LogP contribution in [0.1, 0.15) is 5.56 Å². The number of fused-ring (bicyclic) bond motifs is 2. The van der Waals surface area contributed by atoms with Crippen LogP contribution < -0.4 is 20.9 Å². The van der Waals surface area contributed by atoms with Gasteiger partial charge in [0.25, 0.3) is 5.56 Å². The molecule has 0 bridgehead atoms. The predicted octanol–water partition coefficient (Wildman–Crippen LogP) is 5.46. The van der Waals surface area contributed by atoms with Crippen molar-refractivity contribution in [3.63, 3.8) is 0 Å². The lowest BCUT2D eigenvalue weighted by atomic mass is 10.1. The Kier molecular flexibility index (Phi) is 5.87. The molecule has 5 aromatic rings. The molecule has 2 aromatic carbocycles. The minimum absolute atomic E-state index is 0.190. The fraction of sp³-hybridized carbons (Fsp3) is 0.0417. The molecule has 3 heterocycles. The maximum absolute atomic E-state index is 14.0. The molecule has 5 rings (SSSR count). The van der Waals surface area contributed by atoms with Gasteiger partial charge in [0.15, 0.2) is 11.4 Å². The van der Waals surface area contributed by atoms with Gasteiger partial charge < -0.3 is 20.4 Å². The number of carbonyl (C=O) groups is 1. The molecule has 0 unspecified atom stereocenters.